The van der Waals surface area contributed by atoms with Crippen molar-refractivity contribution in [3.8, 4) is 0 Å². The van der Waals surface area contributed by atoms with Crippen molar-refractivity contribution in [3.63, 3.8) is 0 Å². The molecule has 2 aliphatic heterocycles. The highest BCUT2D eigenvalue weighted by Crippen LogP contribution is 2.29. The Morgan fingerprint density at radius 2 is 0.714 bits per heavy atom. The van der Waals surface area contributed by atoms with Crippen molar-refractivity contribution < 1.29 is 63.0 Å². The zero-order valence-corrected chi connectivity index (χ0v) is 19.8. The van der Waals surface area contributed by atoms with E-state index < -0.39 is 104 Å². The van der Waals surface area contributed by atoms with Crippen LogP contribution in [0.15, 0.2) is 45.6 Å². The van der Waals surface area contributed by atoms with Crippen LogP contribution in [-0.4, -0.2) is 23.7 Å². The van der Waals surface area contributed by atoms with E-state index in [1.54, 1.807) is 0 Å². The average Bonchev–Trinajstić information content (AvgIpc) is 3.50. The molecule has 3 aromatic carbocycles. The Morgan fingerprint density at radius 3 is 1.00 bits per heavy atom. The molecule has 0 amide bonds. The van der Waals surface area contributed by atoms with Gasteiger partial charge in [0.25, 0.3) is 0 Å². The molecule has 0 spiro atoms. The second-order valence-corrected chi connectivity index (χ2v) is 8.23. The zero-order chi connectivity index (χ0) is 30.6. The molecule has 0 atom stereocenters. The van der Waals surface area contributed by atoms with Gasteiger partial charge in [-0.1, -0.05) is 24.3 Å². The van der Waals surface area contributed by atoms with E-state index in [2.05, 4.69) is 19.5 Å². The number of aliphatic imine (C=N–C) groups is 2. The summed E-state index contributed by atoms with van der Waals surface area (Å²) in [6.45, 7) is 0. The zero-order valence-electron chi connectivity index (χ0n) is 19.8. The van der Waals surface area contributed by atoms with Crippen molar-refractivity contribution >= 4 is 35.9 Å². The Bertz CT molecular complexity index is 1670. The van der Waals surface area contributed by atoms with Crippen LogP contribution >= 0.6 is 0 Å². The predicted octanol–water partition coefficient (Wildman–Crippen LogP) is 5.77. The number of nitrogens with zero attached hydrogens (tertiary/aromatic N) is 2. The van der Waals surface area contributed by atoms with Crippen molar-refractivity contribution in [2.24, 2.45) is 9.98 Å². The minimum atomic E-state index is -2.42. The maximum Gasteiger partial charge on any atom is 0.363 e. The highest BCUT2D eigenvalue weighted by Gasteiger charge is 2.36. The molecule has 0 N–H and O–H groups in total. The smallest absolute Gasteiger partial charge is 0.363 e. The van der Waals surface area contributed by atoms with E-state index in [9.17, 15) is 53.5 Å². The van der Waals surface area contributed by atoms with E-state index in [0.717, 1.165) is 12.2 Å². The van der Waals surface area contributed by atoms with Gasteiger partial charge in [-0.3, -0.25) is 0 Å². The molecule has 5 rings (SSSR count). The largest absolute Gasteiger partial charge is 0.402 e. The molecule has 0 aliphatic carbocycles. The standard InChI is InChI=1S/C26H6F10N2O4/c27-13-11(14(28)18(32)21(35)17(13)31)23-37-9(25(39)41-23)5-7-1-2-8(4-3-7)6-10-26(40)42-24(38-10)12-15(29)19(33)22(36)20(34)16(12)30/h1-6H. The van der Waals surface area contributed by atoms with Gasteiger partial charge in [-0.2, -0.15) is 0 Å². The average molecular weight is 600 g/mol. The number of esters is 2. The number of carbonyl (C=O) groups excluding carboxylic acids is 2. The number of hydrogen-bond donors (Lipinski definition) is 0. The lowest BCUT2D eigenvalue weighted by Crippen LogP contribution is -2.14. The third-order valence-electron chi connectivity index (χ3n) is 5.63. The number of cyclic esters (lactones) is 2. The summed E-state index contributed by atoms with van der Waals surface area (Å²) in [6, 6.07) is 5.14. The molecule has 6 nitrogen and oxygen atoms in total. The van der Waals surface area contributed by atoms with Gasteiger partial charge in [0.15, 0.2) is 57.9 Å². The van der Waals surface area contributed by atoms with Crippen LogP contribution in [0.1, 0.15) is 22.3 Å². The number of hydrogen-bond acceptors (Lipinski definition) is 6. The third-order valence-corrected chi connectivity index (χ3v) is 5.63. The molecule has 0 aromatic heterocycles. The van der Waals surface area contributed by atoms with Crippen molar-refractivity contribution in [1.29, 1.82) is 0 Å². The summed E-state index contributed by atoms with van der Waals surface area (Å²) >= 11 is 0. The summed E-state index contributed by atoms with van der Waals surface area (Å²) in [5, 5.41) is 0. The van der Waals surface area contributed by atoms with E-state index in [0.29, 0.717) is 0 Å². The van der Waals surface area contributed by atoms with Crippen LogP contribution in [0.5, 0.6) is 0 Å². The van der Waals surface area contributed by atoms with E-state index in [4.69, 9.17) is 0 Å². The molecule has 0 radical (unpaired) electrons. The molecule has 3 aromatic rings. The van der Waals surface area contributed by atoms with Gasteiger partial charge in [0.1, 0.15) is 11.1 Å². The first kappa shape index (κ1) is 28.3. The highest BCUT2D eigenvalue weighted by molar-refractivity contribution is 6.14. The molecule has 42 heavy (non-hydrogen) atoms. The molecular formula is C26H6F10N2O4. The Morgan fingerprint density at radius 1 is 0.452 bits per heavy atom. The van der Waals surface area contributed by atoms with E-state index in [1.165, 1.54) is 24.3 Å². The van der Waals surface area contributed by atoms with Crippen molar-refractivity contribution in [1.82, 2.24) is 0 Å². The highest BCUT2D eigenvalue weighted by atomic mass is 19.2. The molecule has 0 fully saturated rings. The monoisotopic (exact) mass is 600 g/mol. The first-order valence-electron chi connectivity index (χ1n) is 11.0. The van der Waals surface area contributed by atoms with Crippen LogP contribution in [0.25, 0.3) is 12.2 Å². The SMILES string of the molecule is O=C1OC(c2c(F)c(F)c(F)c(F)c2F)=NC1=Cc1ccc(C=C2N=C(c3c(F)c(F)c(F)c(F)c3F)OC2=O)cc1. The van der Waals surface area contributed by atoms with Gasteiger partial charge in [-0.25, -0.2) is 63.5 Å². The number of benzene rings is 3. The molecule has 0 bridgehead atoms. The summed E-state index contributed by atoms with van der Waals surface area (Å²) in [6.07, 6.45) is 2.03. The quantitative estimate of drug-likeness (QED) is 0.125. The fourth-order valence-electron chi connectivity index (χ4n) is 3.62. The van der Waals surface area contributed by atoms with Crippen LogP contribution in [0.4, 0.5) is 43.9 Å². The number of ether oxygens (including phenoxy) is 2. The van der Waals surface area contributed by atoms with E-state index in [-0.39, 0.29) is 11.1 Å². The van der Waals surface area contributed by atoms with Gasteiger partial charge >= 0.3 is 11.9 Å². The van der Waals surface area contributed by atoms with Crippen LogP contribution in [-0.2, 0) is 19.1 Å². The van der Waals surface area contributed by atoms with Gasteiger partial charge < -0.3 is 9.47 Å². The van der Waals surface area contributed by atoms with Gasteiger partial charge in [0, 0.05) is 0 Å². The normalized spacial score (nSPS) is 16.7. The van der Waals surface area contributed by atoms with Gasteiger partial charge in [-0.15, -0.1) is 0 Å². The van der Waals surface area contributed by atoms with E-state index in [1.807, 2.05) is 0 Å². The molecule has 2 heterocycles. The molecule has 214 valence electrons. The van der Waals surface area contributed by atoms with Crippen LogP contribution < -0.4 is 0 Å². The Balaban J connectivity index is 1.43. The molecular weight excluding hydrogens is 594 g/mol. The second kappa shape index (κ2) is 10.3. The minimum Gasteiger partial charge on any atom is -0.402 e. The second-order valence-electron chi connectivity index (χ2n) is 8.23. The number of rotatable bonds is 4. The fourth-order valence-corrected chi connectivity index (χ4v) is 3.62. The lowest BCUT2D eigenvalue weighted by Gasteiger charge is -2.06. The molecule has 0 saturated carbocycles. The molecule has 2 aliphatic rings. The molecule has 0 saturated heterocycles. The maximum atomic E-state index is 14.0. The Kier molecular flexibility index (Phi) is 6.92. The predicted molar refractivity (Wildman–Crippen MR) is 120 cm³/mol. The molecule has 0 unspecified atom stereocenters. The maximum absolute atomic E-state index is 14.0. The first-order valence-corrected chi connectivity index (χ1v) is 11.0. The minimum absolute atomic E-state index is 0.172. The van der Waals surface area contributed by atoms with Crippen molar-refractivity contribution in [2.75, 3.05) is 0 Å². The Hall–Kier alpha value is -5.28. The first-order chi connectivity index (χ1) is 19.8. The van der Waals surface area contributed by atoms with Crippen LogP contribution in [0, 0.1) is 58.2 Å². The van der Waals surface area contributed by atoms with Crippen molar-refractivity contribution in [3.05, 3.63) is 116 Å². The fraction of sp³-hybridized carbons (Fsp3) is 0. The number of halogens is 10. The van der Waals surface area contributed by atoms with Gasteiger partial charge in [0.05, 0.1) is 0 Å². The summed E-state index contributed by atoms with van der Waals surface area (Å²) in [5.74, 6) is -28.0. The Labute approximate surface area is 225 Å². The molecule has 16 heteroatoms. The summed E-state index contributed by atoms with van der Waals surface area (Å²) < 4.78 is 146. The summed E-state index contributed by atoms with van der Waals surface area (Å²) in [4.78, 5) is 31.2. The summed E-state index contributed by atoms with van der Waals surface area (Å²) in [5.41, 5.74) is -3.94. The van der Waals surface area contributed by atoms with Crippen molar-refractivity contribution in [2.45, 2.75) is 0 Å². The number of carbonyl (C=O) groups is 2. The van der Waals surface area contributed by atoms with E-state index >= 15 is 0 Å². The third kappa shape index (κ3) is 4.59. The lowest BCUT2D eigenvalue weighted by atomic mass is 10.1. The lowest BCUT2D eigenvalue weighted by molar-refractivity contribution is -0.130. The summed E-state index contributed by atoms with van der Waals surface area (Å²) in [7, 11) is 0. The topological polar surface area (TPSA) is 77.3 Å². The van der Waals surface area contributed by atoms with Gasteiger partial charge in [-0.05, 0) is 23.3 Å². The van der Waals surface area contributed by atoms with Gasteiger partial charge in [0.2, 0.25) is 23.4 Å². The van der Waals surface area contributed by atoms with Crippen LogP contribution in [0.2, 0.25) is 0 Å². The van der Waals surface area contributed by atoms with Crippen LogP contribution in [0.3, 0.4) is 0 Å².